The van der Waals surface area contributed by atoms with E-state index < -0.39 is 10.0 Å². The Hall–Kier alpha value is -2.11. The molecule has 1 heterocycles. The largest absolute Gasteiger partial charge is 0.356 e. The third-order valence-electron chi connectivity index (χ3n) is 5.38. The van der Waals surface area contributed by atoms with Gasteiger partial charge in [0.1, 0.15) is 6.07 Å². The number of carbonyl (C=O) groups excluding carboxylic acids is 1. The van der Waals surface area contributed by atoms with Crippen LogP contribution in [0.5, 0.6) is 0 Å². The molecule has 0 aromatic heterocycles. The summed E-state index contributed by atoms with van der Waals surface area (Å²) in [7, 11) is -3.75. The molecule has 1 saturated heterocycles. The van der Waals surface area contributed by atoms with Gasteiger partial charge in [0, 0.05) is 25.6 Å². The third-order valence-corrected chi connectivity index (χ3v) is 8.07. The number of piperidine rings is 1. The molecular formula is C22H23Cl2N3O3S. The van der Waals surface area contributed by atoms with Gasteiger partial charge < -0.3 is 5.32 Å². The highest BCUT2D eigenvalue weighted by Gasteiger charge is 2.33. The van der Waals surface area contributed by atoms with E-state index in [9.17, 15) is 18.5 Å². The van der Waals surface area contributed by atoms with E-state index in [1.807, 2.05) is 18.2 Å². The Bertz CT molecular complexity index is 1090. The molecule has 9 heteroatoms. The molecule has 1 N–H and O–H groups in total. The van der Waals surface area contributed by atoms with Crippen LogP contribution in [0.25, 0.3) is 0 Å². The number of hydrogen-bond acceptors (Lipinski definition) is 4. The van der Waals surface area contributed by atoms with Gasteiger partial charge in [-0.2, -0.15) is 9.57 Å². The molecule has 1 fully saturated rings. The number of hydrogen-bond donors (Lipinski definition) is 1. The van der Waals surface area contributed by atoms with Crippen LogP contribution >= 0.6 is 23.2 Å². The second-order valence-corrected chi connectivity index (χ2v) is 10.2. The molecule has 0 radical (unpaired) electrons. The van der Waals surface area contributed by atoms with Crippen molar-refractivity contribution in [2.75, 3.05) is 19.6 Å². The van der Waals surface area contributed by atoms with Crippen molar-refractivity contribution >= 4 is 39.1 Å². The van der Waals surface area contributed by atoms with Gasteiger partial charge in [0.2, 0.25) is 15.9 Å². The summed E-state index contributed by atoms with van der Waals surface area (Å²) in [5, 5.41) is 13.2. The smallest absolute Gasteiger partial charge is 0.244 e. The lowest BCUT2D eigenvalue weighted by molar-refractivity contribution is -0.126. The molecule has 0 bridgehead atoms. The summed E-state index contributed by atoms with van der Waals surface area (Å²) in [6, 6.07) is 13.6. The fourth-order valence-electron chi connectivity index (χ4n) is 3.62. The number of nitrogens with zero attached hydrogens (tertiary/aromatic N) is 2. The number of halogens is 2. The highest BCUT2D eigenvalue weighted by Crippen LogP contribution is 2.26. The van der Waals surface area contributed by atoms with Crippen molar-refractivity contribution in [3.63, 3.8) is 0 Å². The van der Waals surface area contributed by atoms with Crippen molar-refractivity contribution in [1.29, 1.82) is 5.26 Å². The maximum atomic E-state index is 12.9. The number of amides is 1. The molecule has 3 rings (SSSR count). The molecular weight excluding hydrogens is 457 g/mol. The average Bonchev–Trinajstić information content (AvgIpc) is 2.79. The molecule has 164 valence electrons. The Kier molecular flexibility index (Phi) is 7.95. The van der Waals surface area contributed by atoms with Crippen LogP contribution < -0.4 is 5.32 Å². The van der Waals surface area contributed by atoms with Gasteiger partial charge in [-0.1, -0.05) is 41.4 Å². The summed E-state index contributed by atoms with van der Waals surface area (Å²) in [5.74, 6) is -0.272. The van der Waals surface area contributed by atoms with Crippen molar-refractivity contribution in [3.05, 3.63) is 63.6 Å². The Morgan fingerprint density at radius 2 is 1.84 bits per heavy atom. The monoisotopic (exact) mass is 479 g/mol. The summed E-state index contributed by atoms with van der Waals surface area (Å²) in [5.41, 5.74) is 1.18. The number of rotatable bonds is 7. The van der Waals surface area contributed by atoms with E-state index in [4.69, 9.17) is 23.2 Å². The molecule has 0 spiro atoms. The molecule has 2 aromatic rings. The number of benzene rings is 2. The quantitative estimate of drug-likeness (QED) is 0.607. The zero-order chi connectivity index (χ0) is 22.4. The SMILES string of the molecule is N#Cc1ccccc1S(=O)(=O)N1CCC(C(=O)NCCCc2ccc(Cl)c(Cl)c2)CC1. The zero-order valence-corrected chi connectivity index (χ0v) is 19.2. The molecule has 6 nitrogen and oxygen atoms in total. The maximum Gasteiger partial charge on any atom is 0.244 e. The van der Waals surface area contributed by atoms with Crippen LogP contribution in [0, 0.1) is 17.2 Å². The van der Waals surface area contributed by atoms with E-state index >= 15 is 0 Å². The van der Waals surface area contributed by atoms with Crippen molar-refractivity contribution in [2.45, 2.75) is 30.6 Å². The maximum absolute atomic E-state index is 12.9. The minimum absolute atomic E-state index is 0.0164. The van der Waals surface area contributed by atoms with Gasteiger partial charge >= 0.3 is 0 Å². The fourth-order valence-corrected chi connectivity index (χ4v) is 5.56. The number of nitriles is 1. The van der Waals surface area contributed by atoms with E-state index in [0.717, 1.165) is 18.4 Å². The summed E-state index contributed by atoms with van der Waals surface area (Å²) >= 11 is 11.9. The van der Waals surface area contributed by atoms with E-state index in [1.165, 1.54) is 16.4 Å². The third kappa shape index (κ3) is 5.78. The van der Waals surface area contributed by atoms with Crippen molar-refractivity contribution in [3.8, 4) is 6.07 Å². The van der Waals surface area contributed by atoms with Crippen molar-refractivity contribution < 1.29 is 13.2 Å². The van der Waals surface area contributed by atoms with E-state index in [2.05, 4.69) is 5.32 Å². The molecule has 0 aliphatic carbocycles. The first kappa shape index (κ1) is 23.6. The Labute approximate surface area is 192 Å². The van der Waals surface area contributed by atoms with Crippen LogP contribution in [0.15, 0.2) is 47.4 Å². The number of nitrogens with one attached hydrogen (secondary N) is 1. The summed E-state index contributed by atoms with van der Waals surface area (Å²) in [6.45, 7) is 1.04. The lowest BCUT2D eigenvalue weighted by Gasteiger charge is -2.30. The second-order valence-electron chi connectivity index (χ2n) is 7.43. The highest BCUT2D eigenvalue weighted by atomic mass is 35.5. The predicted molar refractivity (Wildman–Crippen MR) is 120 cm³/mol. The molecule has 1 amide bonds. The lowest BCUT2D eigenvalue weighted by atomic mass is 9.97. The van der Waals surface area contributed by atoms with Gasteiger partial charge in [-0.25, -0.2) is 8.42 Å². The van der Waals surface area contributed by atoms with Crippen LogP contribution in [0.1, 0.15) is 30.4 Å². The van der Waals surface area contributed by atoms with Crippen LogP contribution in [-0.2, 0) is 21.2 Å². The molecule has 0 atom stereocenters. The van der Waals surface area contributed by atoms with Gasteiger partial charge in [0.05, 0.1) is 20.5 Å². The average molecular weight is 480 g/mol. The zero-order valence-electron chi connectivity index (χ0n) is 16.9. The summed E-state index contributed by atoms with van der Waals surface area (Å²) in [4.78, 5) is 12.5. The van der Waals surface area contributed by atoms with Gasteiger partial charge in [-0.05, 0) is 55.5 Å². The van der Waals surface area contributed by atoms with Crippen LogP contribution in [-0.4, -0.2) is 38.3 Å². The second kappa shape index (κ2) is 10.5. The Morgan fingerprint density at radius 3 is 2.52 bits per heavy atom. The van der Waals surface area contributed by atoms with E-state index in [0.29, 0.717) is 29.4 Å². The Balaban J connectivity index is 1.47. The van der Waals surface area contributed by atoms with Crippen LogP contribution in [0.3, 0.4) is 0 Å². The highest BCUT2D eigenvalue weighted by molar-refractivity contribution is 7.89. The van der Waals surface area contributed by atoms with Crippen molar-refractivity contribution in [2.24, 2.45) is 5.92 Å². The minimum atomic E-state index is -3.75. The van der Waals surface area contributed by atoms with Crippen LogP contribution in [0.4, 0.5) is 0 Å². The van der Waals surface area contributed by atoms with E-state index in [-0.39, 0.29) is 35.4 Å². The topological polar surface area (TPSA) is 90.3 Å². The first-order chi connectivity index (χ1) is 14.8. The molecule has 31 heavy (non-hydrogen) atoms. The molecule has 1 aliphatic rings. The predicted octanol–water partition coefficient (Wildman–Crippen LogP) is 4.01. The van der Waals surface area contributed by atoms with Crippen LogP contribution in [0.2, 0.25) is 10.0 Å². The Morgan fingerprint density at radius 1 is 1.13 bits per heavy atom. The number of aryl methyl sites for hydroxylation is 1. The summed E-state index contributed by atoms with van der Waals surface area (Å²) < 4.78 is 27.1. The fraction of sp³-hybridized carbons (Fsp3) is 0.364. The lowest BCUT2D eigenvalue weighted by Crippen LogP contribution is -2.43. The molecule has 0 saturated carbocycles. The number of sulfonamides is 1. The first-order valence-electron chi connectivity index (χ1n) is 10.0. The van der Waals surface area contributed by atoms with Gasteiger partial charge in [0.15, 0.2) is 0 Å². The standard InChI is InChI=1S/C22H23Cl2N3O3S/c23-19-8-7-16(14-20(19)24)4-3-11-26-22(28)17-9-12-27(13-10-17)31(29,30)21-6-2-1-5-18(21)15-25/h1-2,5-8,14,17H,3-4,9-13H2,(H,26,28). The first-order valence-corrected chi connectivity index (χ1v) is 12.2. The van der Waals surface area contributed by atoms with Crippen molar-refractivity contribution in [1.82, 2.24) is 9.62 Å². The number of carbonyl (C=O) groups is 1. The normalized spacial score (nSPS) is 15.4. The van der Waals surface area contributed by atoms with Gasteiger partial charge in [-0.15, -0.1) is 0 Å². The summed E-state index contributed by atoms with van der Waals surface area (Å²) in [6.07, 6.45) is 2.44. The van der Waals surface area contributed by atoms with Gasteiger partial charge in [-0.3, -0.25) is 4.79 Å². The minimum Gasteiger partial charge on any atom is -0.356 e. The molecule has 1 aliphatic heterocycles. The van der Waals surface area contributed by atoms with Gasteiger partial charge in [0.25, 0.3) is 0 Å². The van der Waals surface area contributed by atoms with E-state index in [1.54, 1.807) is 18.2 Å². The molecule has 2 aromatic carbocycles. The molecule has 0 unspecified atom stereocenters.